The molecule has 1 amide bonds. The molecule has 0 aromatic carbocycles. The van der Waals surface area contributed by atoms with Crippen LogP contribution in [0, 0.1) is 11.9 Å². The summed E-state index contributed by atoms with van der Waals surface area (Å²) in [5, 5.41) is 20.3. The molecule has 0 radical (unpaired) electrons. The number of amides is 1. The number of nitrogens with one attached hydrogen (secondary N) is 1. The fraction of sp³-hybridized carbons (Fsp3) is 0.429. The summed E-state index contributed by atoms with van der Waals surface area (Å²) < 4.78 is 12.9. The topological polar surface area (TPSA) is 143 Å². The lowest BCUT2D eigenvalue weighted by Crippen LogP contribution is -2.34. The van der Waals surface area contributed by atoms with E-state index in [0.717, 1.165) is 12.3 Å². The average Bonchev–Trinajstić information content (AvgIpc) is 2.49. The van der Waals surface area contributed by atoms with Crippen molar-refractivity contribution in [3.05, 3.63) is 29.8 Å². The fourth-order valence-corrected chi connectivity index (χ4v) is 1.95. The van der Waals surface area contributed by atoms with Crippen molar-refractivity contribution >= 4 is 17.8 Å². The Morgan fingerprint density at radius 1 is 1.30 bits per heavy atom. The molecule has 9 heteroatoms. The zero-order valence-electron chi connectivity index (χ0n) is 12.2. The predicted octanol–water partition coefficient (Wildman–Crippen LogP) is 0.233. The largest absolute Gasteiger partial charge is 0.481 e. The van der Waals surface area contributed by atoms with Crippen LogP contribution in [0.5, 0.6) is 0 Å². The maximum Gasteiger partial charge on any atom is 0.320 e. The summed E-state index contributed by atoms with van der Waals surface area (Å²) in [6.45, 7) is 0.175. The van der Waals surface area contributed by atoms with Crippen molar-refractivity contribution in [3.63, 3.8) is 0 Å². The molecule has 0 saturated carbocycles. The molecule has 2 atom stereocenters. The standard InChI is InChI=1S/C14H18FN3O5/c15-11-7-8(3-5-17-11)12(19)18-4-1-2-9(13(20)21)6-10(16)14(22)23/h3,5,7,9-10H,1-2,4,6,16H2,(H,18,19)(H,20,21)(H,22,23)/t9-,10-/m0/s1. The Morgan fingerprint density at radius 3 is 2.57 bits per heavy atom. The van der Waals surface area contributed by atoms with Gasteiger partial charge in [0.1, 0.15) is 6.04 Å². The summed E-state index contributed by atoms with van der Waals surface area (Å²) in [6, 6.07) is 1.09. The molecular formula is C14H18FN3O5. The van der Waals surface area contributed by atoms with Crippen molar-refractivity contribution in [2.45, 2.75) is 25.3 Å². The Hall–Kier alpha value is -2.55. The minimum atomic E-state index is -1.26. The number of aliphatic carboxylic acids is 2. The van der Waals surface area contributed by atoms with Gasteiger partial charge in [-0.25, -0.2) is 4.98 Å². The van der Waals surface area contributed by atoms with Crippen molar-refractivity contribution in [2.75, 3.05) is 6.54 Å². The second kappa shape index (κ2) is 8.79. The summed E-state index contributed by atoms with van der Waals surface area (Å²) in [4.78, 5) is 36.8. The number of carboxylic acids is 2. The van der Waals surface area contributed by atoms with Crippen LogP contribution in [0.15, 0.2) is 18.3 Å². The first-order valence-electron chi connectivity index (χ1n) is 6.92. The third kappa shape index (κ3) is 6.39. The Balaban J connectivity index is 2.40. The van der Waals surface area contributed by atoms with Crippen molar-refractivity contribution in [3.8, 4) is 0 Å². The highest BCUT2D eigenvalue weighted by atomic mass is 19.1. The molecule has 23 heavy (non-hydrogen) atoms. The quantitative estimate of drug-likeness (QED) is 0.375. The summed E-state index contributed by atoms with van der Waals surface area (Å²) in [7, 11) is 0. The number of hydrogen-bond donors (Lipinski definition) is 4. The van der Waals surface area contributed by atoms with Crippen molar-refractivity contribution < 1.29 is 29.0 Å². The van der Waals surface area contributed by atoms with Gasteiger partial charge >= 0.3 is 11.9 Å². The molecule has 126 valence electrons. The molecule has 1 aromatic heterocycles. The lowest BCUT2D eigenvalue weighted by atomic mass is 9.95. The lowest BCUT2D eigenvalue weighted by molar-refractivity contribution is -0.143. The number of halogens is 1. The molecule has 8 nitrogen and oxygen atoms in total. The van der Waals surface area contributed by atoms with Gasteiger partial charge in [-0.15, -0.1) is 0 Å². The summed E-state index contributed by atoms with van der Waals surface area (Å²) in [5.74, 6) is -4.57. The average molecular weight is 327 g/mol. The van der Waals surface area contributed by atoms with Crippen molar-refractivity contribution in [2.24, 2.45) is 11.7 Å². The van der Waals surface area contributed by atoms with E-state index in [1.54, 1.807) is 0 Å². The van der Waals surface area contributed by atoms with Crippen LogP contribution in [0.1, 0.15) is 29.6 Å². The van der Waals surface area contributed by atoms with Gasteiger partial charge in [0.2, 0.25) is 5.95 Å². The molecule has 0 spiro atoms. The zero-order valence-corrected chi connectivity index (χ0v) is 12.2. The van der Waals surface area contributed by atoms with E-state index in [-0.39, 0.29) is 24.9 Å². The number of carbonyl (C=O) groups excluding carboxylic acids is 1. The van der Waals surface area contributed by atoms with Crippen LogP contribution >= 0.6 is 0 Å². The van der Waals surface area contributed by atoms with E-state index in [2.05, 4.69) is 10.3 Å². The first-order valence-corrected chi connectivity index (χ1v) is 6.92. The van der Waals surface area contributed by atoms with E-state index in [4.69, 9.17) is 15.9 Å². The minimum Gasteiger partial charge on any atom is -0.481 e. The van der Waals surface area contributed by atoms with E-state index >= 15 is 0 Å². The number of nitrogens with zero attached hydrogens (tertiary/aromatic N) is 1. The first kappa shape index (κ1) is 18.5. The highest BCUT2D eigenvalue weighted by molar-refractivity contribution is 5.93. The van der Waals surface area contributed by atoms with Crippen LogP contribution in [0.3, 0.4) is 0 Å². The van der Waals surface area contributed by atoms with Gasteiger partial charge in [-0.2, -0.15) is 4.39 Å². The summed E-state index contributed by atoms with van der Waals surface area (Å²) >= 11 is 0. The Kier molecular flexibility index (Phi) is 7.07. The van der Waals surface area contributed by atoms with Gasteiger partial charge in [0.05, 0.1) is 5.92 Å². The third-order valence-corrected chi connectivity index (χ3v) is 3.21. The van der Waals surface area contributed by atoms with Crippen molar-refractivity contribution in [1.29, 1.82) is 0 Å². The number of nitrogens with two attached hydrogens (primary N) is 1. The molecule has 0 bridgehead atoms. The number of aromatic nitrogens is 1. The second-order valence-corrected chi connectivity index (χ2v) is 4.98. The van der Waals surface area contributed by atoms with Crippen LogP contribution in [0.25, 0.3) is 0 Å². The van der Waals surface area contributed by atoms with Gasteiger partial charge in [0.25, 0.3) is 5.91 Å². The smallest absolute Gasteiger partial charge is 0.320 e. The number of rotatable bonds is 9. The van der Waals surface area contributed by atoms with E-state index in [1.807, 2.05) is 0 Å². The molecule has 1 heterocycles. The maximum absolute atomic E-state index is 12.9. The predicted molar refractivity (Wildman–Crippen MR) is 77.1 cm³/mol. The number of pyridine rings is 1. The molecule has 0 fully saturated rings. The summed E-state index contributed by atoms with van der Waals surface area (Å²) in [5.41, 5.74) is 5.44. The molecule has 1 rings (SSSR count). The lowest BCUT2D eigenvalue weighted by Gasteiger charge is -2.15. The van der Waals surface area contributed by atoms with Crippen LogP contribution in [0.4, 0.5) is 4.39 Å². The van der Waals surface area contributed by atoms with Crippen LogP contribution in [-0.4, -0.2) is 45.6 Å². The van der Waals surface area contributed by atoms with E-state index in [1.165, 1.54) is 6.07 Å². The van der Waals surface area contributed by atoms with E-state index in [9.17, 15) is 18.8 Å². The van der Waals surface area contributed by atoms with Crippen LogP contribution < -0.4 is 11.1 Å². The maximum atomic E-state index is 12.9. The SMILES string of the molecule is N[C@@H](C[C@H](CCCNC(=O)c1ccnc(F)c1)C(=O)O)C(=O)O. The highest BCUT2D eigenvalue weighted by Gasteiger charge is 2.23. The van der Waals surface area contributed by atoms with E-state index < -0.39 is 35.8 Å². The Labute approximate surface area is 131 Å². The number of carboxylic acid groups (broad SMARTS) is 2. The van der Waals surface area contributed by atoms with Crippen molar-refractivity contribution in [1.82, 2.24) is 10.3 Å². The molecule has 0 aliphatic carbocycles. The zero-order chi connectivity index (χ0) is 17.4. The molecule has 1 aromatic rings. The summed E-state index contributed by atoms with van der Waals surface area (Å²) in [6.07, 6.45) is 1.47. The molecule has 0 aliphatic heterocycles. The fourth-order valence-electron chi connectivity index (χ4n) is 1.95. The van der Waals surface area contributed by atoms with Gasteiger partial charge in [-0.05, 0) is 25.3 Å². The molecule has 0 saturated heterocycles. The Morgan fingerprint density at radius 2 is 2.00 bits per heavy atom. The molecular weight excluding hydrogens is 309 g/mol. The van der Waals surface area contributed by atoms with E-state index in [0.29, 0.717) is 6.42 Å². The van der Waals surface area contributed by atoms with Gasteiger partial charge in [-0.3, -0.25) is 14.4 Å². The van der Waals surface area contributed by atoms with Gasteiger partial charge in [-0.1, -0.05) is 0 Å². The normalized spacial score (nSPS) is 13.1. The first-order chi connectivity index (χ1) is 10.8. The highest BCUT2D eigenvalue weighted by Crippen LogP contribution is 2.13. The number of carbonyl (C=O) groups is 3. The molecule has 0 aliphatic rings. The van der Waals surface area contributed by atoms with Gasteiger partial charge in [0, 0.05) is 24.4 Å². The number of hydrogen-bond acceptors (Lipinski definition) is 5. The second-order valence-electron chi connectivity index (χ2n) is 4.98. The van der Waals surface area contributed by atoms with Gasteiger partial charge < -0.3 is 21.3 Å². The molecule has 5 N–H and O–H groups in total. The minimum absolute atomic E-state index is 0.111. The monoisotopic (exact) mass is 327 g/mol. The Bertz CT molecular complexity index is 581. The van der Waals surface area contributed by atoms with Gasteiger partial charge in [0.15, 0.2) is 0 Å². The third-order valence-electron chi connectivity index (χ3n) is 3.21. The molecule has 0 unspecified atom stereocenters. The van der Waals surface area contributed by atoms with Crippen LogP contribution in [-0.2, 0) is 9.59 Å². The van der Waals surface area contributed by atoms with Crippen LogP contribution in [0.2, 0.25) is 0 Å².